The highest BCUT2D eigenvalue weighted by atomic mass is 16.5. The molecule has 31 heavy (non-hydrogen) atoms. The number of carbonyl (C=O) groups is 1. The molecule has 1 atom stereocenters. The van der Waals surface area contributed by atoms with E-state index >= 15 is 0 Å². The summed E-state index contributed by atoms with van der Waals surface area (Å²) in [5.74, 6) is 0.758. The van der Waals surface area contributed by atoms with Crippen LogP contribution in [0.25, 0.3) is 10.9 Å². The summed E-state index contributed by atoms with van der Waals surface area (Å²) in [5, 5.41) is 7.70. The van der Waals surface area contributed by atoms with Crippen molar-refractivity contribution >= 4 is 28.7 Å². The molecule has 0 radical (unpaired) electrons. The van der Waals surface area contributed by atoms with Crippen LogP contribution < -0.4 is 10.6 Å². The van der Waals surface area contributed by atoms with E-state index in [4.69, 9.17) is 9.84 Å². The first kappa shape index (κ1) is 20.2. The van der Waals surface area contributed by atoms with Crippen LogP contribution in [-0.2, 0) is 22.4 Å². The fourth-order valence-electron chi connectivity index (χ4n) is 5.08. The Morgan fingerprint density at radius 3 is 2.81 bits per heavy atom. The van der Waals surface area contributed by atoms with E-state index in [0.29, 0.717) is 32.0 Å². The number of ether oxygens (including phenoxy) is 1. The van der Waals surface area contributed by atoms with Gasteiger partial charge in [-0.15, -0.1) is 0 Å². The number of aryl methyl sites for hydroxylation is 1. The summed E-state index contributed by atoms with van der Waals surface area (Å²) in [5.41, 5.74) is 4.45. The van der Waals surface area contributed by atoms with Gasteiger partial charge in [0.25, 0.3) is 5.56 Å². The summed E-state index contributed by atoms with van der Waals surface area (Å²) in [6, 6.07) is 4.32. The number of hydrazone groups is 1. The van der Waals surface area contributed by atoms with Gasteiger partial charge in [-0.05, 0) is 55.4 Å². The van der Waals surface area contributed by atoms with Gasteiger partial charge in [0.1, 0.15) is 0 Å². The zero-order chi connectivity index (χ0) is 21.5. The van der Waals surface area contributed by atoms with Crippen LogP contribution >= 0.6 is 0 Å². The minimum atomic E-state index is -0.0556. The fourth-order valence-corrected chi connectivity index (χ4v) is 5.08. The lowest BCUT2D eigenvalue weighted by atomic mass is 9.97. The highest BCUT2D eigenvalue weighted by Gasteiger charge is 2.29. The molecule has 2 saturated heterocycles. The standard InChI is InChI=1S/C24H30N4O3/c1-15-4-8-27(14-15)22(29)13-17-12-20-21(11-16(17)2)26-24(30)19-3-7-25-28(23(19)20)18-5-9-31-10-6-18/h7,11-12,15,18H,3-6,8-10,13-14H2,1-2H3,(H,26,30). The van der Waals surface area contributed by atoms with Crippen LogP contribution in [-0.4, -0.2) is 54.4 Å². The molecule has 1 amide bonds. The van der Waals surface area contributed by atoms with Crippen LogP contribution in [0.4, 0.5) is 5.69 Å². The number of hydrogen-bond donors (Lipinski definition) is 1. The molecule has 5 rings (SSSR count). The number of benzene rings is 1. The Morgan fingerprint density at radius 2 is 2.06 bits per heavy atom. The van der Waals surface area contributed by atoms with Gasteiger partial charge in [0, 0.05) is 49.9 Å². The van der Waals surface area contributed by atoms with Gasteiger partial charge in [0.2, 0.25) is 5.91 Å². The second-order valence-corrected chi connectivity index (χ2v) is 9.21. The summed E-state index contributed by atoms with van der Waals surface area (Å²) in [6.45, 7) is 7.33. The van der Waals surface area contributed by atoms with Crippen molar-refractivity contribution in [1.82, 2.24) is 9.88 Å². The number of fused-ring (bicyclic) bond motifs is 3. The predicted octanol–water partition coefficient (Wildman–Crippen LogP) is 2.77. The van der Waals surface area contributed by atoms with Crippen molar-refractivity contribution in [2.45, 2.75) is 52.0 Å². The van der Waals surface area contributed by atoms with Crippen LogP contribution in [0.2, 0.25) is 0 Å². The molecule has 1 unspecified atom stereocenters. The molecule has 2 aromatic rings. The van der Waals surface area contributed by atoms with Crippen molar-refractivity contribution in [3.05, 3.63) is 39.2 Å². The summed E-state index contributed by atoms with van der Waals surface area (Å²) in [6.07, 6.45) is 5.59. The quantitative estimate of drug-likeness (QED) is 0.825. The number of anilines is 1. The van der Waals surface area contributed by atoms with Gasteiger partial charge in [0.15, 0.2) is 0 Å². The number of aromatic nitrogens is 1. The van der Waals surface area contributed by atoms with Gasteiger partial charge in [-0.2, -0.15) is 5.10 Å². The molecule has 1 aromatic heterocycles. The second kappa shape index (κ2) is 8.11. The van der Waals surface area contributed by atoms with Crippen molar-refractivity contribution in [3.63, 3.8) is 0 Å². The molecule has 164 valence electrons. The molecule has 0 bridgehead atoms. The van der Waals surface area contributed by atoms with Crippen LogP contribution in [0.1, 0.15) is 42.9 Å². The summed E-state index contributed by atoms with van der Waals surface area (Å²) >= 11 is 0. The number of pyridine rings is 1. The lowest BCUT2D eigenvalue weighted by molar-refractivity contribution is -0.129. The Hall–Kier alpha value is -2.67. The van der Waals surface area contributed by atoms with E-state index in [2.05, 4.69) is 18.0 Å². The lowest BCUT2D eigenvalue weighted by Gasteiger charge is -2.35. The van der Waals surface area contributed by atoms with Gasteiger partial charge >= 0.3 is 0 Å². The molecule has 1 N–H and O–H groups in total. The summed E-state index contributed by atoms with van der Waals surface area (Å²) in [4.78, 5) is 30.8. The molecule has 4 heterocycles. The third-order valence-corrected chi connectivity index (χ3v) is 6.92. The van der Waals surface area contributed by atoms with E-state index in [0.717, 1.165) is 65.6 Å². The Labute approximate surface area is 182 Å². The van der Waals surface area contributed by atoms with Crippen LogP contribution in [0.15, 0.2) is 22.0 Å². The Bertz CT molecular complexity index is 1100. The predicted molar refractivity (Wildman–Crippen MR) is 122 cm³/mol. The van der Waals surface area contributed by atoms with Gasteiger partial charge < -0.3 is 14.6 Å². The number of nitrogens with zero attached hydrogens (tertiary/aromatic N) is 3. The van der Waals surface area contributed by atoms with E-state index in [-0.39, 0.29) is 17.5 Å². The molecular formula is C24H30N4O3. The minimum absolute atomic E-state index is 0.0556. The molecule has 0 saturated carbocycles. The van der Waals surface area contributed by atoms with Gasteiger partial charge in [-0.25, -0.2) is 0 Å². The monoisotopic (exact) mass is 422 g/mol. The average molecular weight is 423 g/mol. The molecule has 1 aromatic carbocycles. The van der Waals surface area contributed by atoms with Crippen LogP contribution in [0, 0.1) is 12.8 Å². The van der Waals surface area contributed by atoms with Gasteiger partial charge in [-0.3, -0.25) is 14.6 Å². The molecule has 7 heteroatoms. The van der Waals surface area contributed by atoms with E-state index in [1.165, 1.54) is 0 Å². The van der Waals surface area contributed by atoms with Crippen molar-refractivity contribution in [2.24, 2.45) is 11.0 Å². The molecule has 3 aliphatic heterocycles. The number of H-pyrrole nitrogens is 1. The smallest absolute Gasteiger partial charge is 0.254 e. The highest BCUT2D eigenvalue weighted by Crippen LogP contribution is 2.35. The van der Waals surface area contributed by atoms with Gasteiger partial charge in [0.05, 0.1) is 23.7 Å². The molecule has 0 spiro atoms. The normalized spacial score (nSPS) is 21.7. The number of carbonyl (C=O) groups excluding carboxylic acids is 1. The van der Waals surface area contributed by atoms with Crippen LogP contribution in [0.5, 0.6) is 0 Å². The van der Waals surface area contributed by atoms with Crippen molar-refractivity contribution in [2.75, 3.05) is 31.3 Å². The Kier molecular flexibility index (Phi) is 5.30. The van der Waals surface area contributed by atoms with E-state index in [1.54, 1.807) is 0 Å². The maximum atomic E-state index is 12.9. The maximum absolute atomic E-state index is 12.9. The number of likely N-dealkylation sites (tertiary alicyclic amines) is 1. The largest absolute Gasteiger partial charge is 0.381 e. The Morgan fingerprint density at radius 1 is 1.26 bits per heavy atom. The topological polar surface area (TPSA) is 78.0 Å². The summed E-state index contributed by atoms with van der Waals surface area (Å²) < 4.78 is 5.54. The molecule has 7 nitrogen and oxygen atoms in total. The lowest BCUT2D eigenvalue weighted by Crippen LogP contribution is -2.39. The van der Waals surface area contributed by atoms with Crippen molar-refractivity contribution in [3.8, 4) is 0 Å². The number of hydrogen-bond acceptors (Lipinski definition) is 5. The SMILES string of the molecule is Cc1cc2[nH]c(=O)c3c(c2cc1CC(=O)N1CCC(C)C1)N(C1CCOCC1)N=CC3. The number of amides is 1. The minimum Gasteiger partial charge on any atom is -0.381 e. The van der Waals surface area contributed by atoms with Crippen molar-refractivity contribution in [1.29, 1.82) is 0 Å². The Balaban J connectivity index is 1.56. The van der Waals surface area contributed by atoms with Gasteiger partial charge in [-0.1, -0.05) is 6.92 Å². The second-order valence-electron chi connectivity index (χ2n) is 9.21. The molecule has 0 aliphatic carbocycles. The number of aromatic amines is 1. The van der Waals surface area contributed by atoms with Crippen LogP contribution in [0.3, 0.4) is 0 Å². The number of nitrogens with one attached hydrogen (secondary N) is 1. The zero-order valence-corrected chi connectivity index (χ0v) is 18.3. The first-order chi connectivity index (χ1) is 15.0. The maximum Gasteiger partial charge on any atom is 0.254 e. The summed E-state index contributed by atoms with van der Waals surface area (Å²) in [7, 11) is 0. The first-order valence-corrected chi connectivity index (χ1v) is 11.4. The third kappa shape index (κ3) is 3.76. The zero-order valence-electron chi connectivity index (χ0n) is 18.3. The highest BCUT2D eigenvalue weighted by molar-refractivity contribution is 5.97. The average Bonchev–Trinajstić information content (AvgIpc) is 3.21. The molecular weight excluding hydrogens is 392 g/mol. The van der Waals surface area contributed by atoms with E-state index < -0.39 is 0 Å². The van der Waals surface area contributed by atoms with Crippen molar-refractivity contribution < 1.29 is 9.53 Å². The third-order valence-electron chi connectivity index (χ3n) is 6.92. The first-order valence-electron chi connectivity index (χ1n) is 11.4. The number of rotatable bonds is 3. The van der Waals surface area contributed by atoms with E-state index in [1.807, 2.05) is 29.1 Å². The van der Waals surface area contributed by atoms with E-state index in [9.17, 15) is 9.59 Å². The molecule has 2 fully saturated rings. The fraction of sp³-hybridized carbons (Fsp3) is 0.542. The molecule has 3 aliphatic rings.